The van der Waals surface area contributed by atoms with E-state index < -0.39 is 11.7 Å². The zero-order chi connectivity index (χ0) is 17.5. The van der Waals surface area contributed by atoms with Crippen molar-refractivity contribution in [2.24, 2.45) is 5.10 Å². The number of hydrogen-bond donors (Lipinski definition) is 1. The van der Waals surface area contributed by atoms with Crippen LogP contribution in [-0.2, 0) is 11.0 Å². The maximum Gasteiger partial charge on any atom is 0.416 e. The fraction of sp³-hybridized carbons (Fsp3) is 0.125. The second-order valence-corrected chi connectivity index (χ2v) is 5.50. The van der Waals surface area contributed by atoms with E-state index in [1.165, 1.54) is 24.3 Å². The molecular weight excluding hydrogens is 345 g/mol. The molecule has 4 nitrogen and oxygen atoms in total. The van der Waals surface area contributed by atoms with Crippen LogP contribution in [0.3, 0.4) is 0 Å². The normalized spacial score (nSPS) is 16.5. The quantitative estimate of drug-likeness (QED) is 0.807. The number of hydrogen-bond acceptors (Lipinski definition) is 3. The number of carbonyl (C=O) groups is 1. The van der Waals surface area contributed by atoms with Crippen molar-refractivity contribution >= 4 is 29.3 Å². The zero-order valence-electron chi connectivity index (χ0n) is 12.2. The molecule has 1 N–H and O–H groups in total. The first-order chi connectivity index (χ1) is 11.3. The van der Waals surface area contributed by atoms with Crippen LogP contribution in [0.15, 0.2) is 45.4 Å². The second-order valence-electron chi connectivity index (χ2n) is 5.09. The molecule has 0 fully saturated rings. The van der Waals surface area contributed by atoms with Gasteiger partial charge in [-0.3, -0.25) is 4.79 Å². The highest BCUT2D eigenvalue weighted by Gasteiger charge is 2.31. The van der Waals surface area contributed by atoms with Crippen LogP contribution in [0.25, 0.3) is 17.4 Å². The molecule has 1 amide bonds. The molecule has 1 aliphatic rings. The largest absolute Gasteiger partial charge is 0.457 e. The Kier molecular flexibility index (Phi) is 3.96. The highest BCUT2D eigenvalue weighted by molar-refractivity contribution is 6.33. The van der Waals surface area contributed by atoms with Crippen molar-refractivity contribution in [3.05, 3.63) is 52.3 Å². The number of carbonyl (C=O) groups excluding carboxylic acids is 1. The van der Waals surface area contributed by atoms with Crippen molar-refractivity contribution in [3.63, 3.8) is 0 Å². The Bertz CT molecular complexity index is 882. The van der Waals surface area contributed by atoms with Gasteiger partial charge in [0.15, 0.2) is 0 Å². The highest BCUT2D eigenvalue weighted by Crippen LogP contribution is 2.36. The second kappa shape index (κ2) is 5.83. The van der Waals surface area contributed by atoms with Crippen LogP contribution in [-0.4, -0.2) is 11.6 Å². The van der Waals surface area contributed by atoms with Gasteiger partial charge in [0.05, 0.1) is 21.9 Å². The SMILES string of the molecule is CC1=NNC(=O)/C1=C\c1ccc(-c2cc(C(F)(F)F)ccc2Cl)o1. The molecule has 0 radical (unpaired) electrons. The molecule has 0 atom stereocenters. The van der Waals surface area contributed by atoms with Gasteiger partial charge >= 0.3 is 6.18 Å². The molecule has 2 aromatic rings. The number of amides is 1. The van der Waals surface area contributed by atoms with E-state index in [4.69, 9.17) is 16.0 Å². The number of rotatable bonds is 2. The first kappa shape index (κ1) is 16.3. The molecule has 0 bridgehead atoms. The smallest absolute Gasteiger partial charge is 0.416 e. The van der Waals surface area contributed by atoms with Gasteiger partial charge in [-0.1, -0.05) is 11.6 Å². The van der Waals surface area contributed by atoms with Crippen molar-refractivity contribution < 1.29 is 22.4 Å². The molecule has 1 aromatic carbocycles. The van der Waals surface area contributed by atoms with E-state index in [0.29, 0.717) is 17.0 Å². The third kappa shape index (κ3) is 3.07. The van der Waals surface area contributed by atoms with Gasteiger partial charge in [-0.25, -0.2) is 5.43 Å². The first-order valence-electron chi connectivity index (χ1n) is 6.79. The number of furan rings is 1. The first-order valence-corrected chi connectivity index (χ1v) is 7.17. The molecule has 0 aliphatic carbocycles. The van der Waals surface area contributed by atoms with Gasteiger partial charge in [0.1, 0.15) is 11.5 Å². The molecule has 0 saturated carbocycles. The predicted molar refractivity (Wildman–Crippen MR) is 83.4 cm³/mol. The lowest BCUT2D eigenvalue weighted by Gasteiger charge is -2.09. The Morgan fingerprint density at radius 2 is 2.00 bits per heavy atom. The van der Waals surface area contributed by atoms with E-state index in [1.54, 1.807) is 6.92 Å². The monoisotopic (exact) mass is 354 g/mol. The minimum Gasteiger partial charge on any atom is -0.457 e. The molecule has 2 heterocycles. The van der Waals surface area contributed by atoms with Crippen LogP contribution in [0.4, 0.5) is 13.2 Å². The van der Waals surface area contributed by atoms with Crippen LogP contribution >= 0.6 is 11.6 Å². The van der Waals surface area contributed by atoms with Crippen LogP contribution < -0.4 is 5.43 Å². The summed E-state index contributed by atoms with van der Waals surface area (Å²) in [7, 11) is 0. The van der Waals surface area contributed by atoms with Gasteiger partial charge in [0, 0.05) is 5.56 Å². The van der Waals surface area contributed by atoms with E-state index in [-0.39, 0.29) is 22.3 Å². The molecule has 8 heteroatoms. The lowest BCUT2D eigenvalue weighted by molar-refractivity contribution is -0.137. The maximum atomic E-state index is 12.8. The van der Waals surface area contributed by atoms with E-state index in [1.807, 2.05) is 0 Å². The number of alkyl halides is 3. The average molecular weight is 355 g/mol. The lowest BCUT2D eigenvalue weighted by atomic mass is 10.1. The summed E-state index contributed by atoms with van der Waals surface area (Å²) in [6.45, 7) is 1.65. The Labute approximate surface area is 139 Å². The van der Waals surface area contributed by atoms with Gasteiger partial charge in [-0.05, 0) is 43.3 Å². The minimum absolute atomic E-state index is 0.123. The number of nitrogens with one attached hydrogen (secondary N) is 1. The summed E-state index contributed by atoms with van der Waals surface area (Å²) < 4.78 is 44.0. The highest BCUT2D eigenvalue weighted by atomic mass is 35.5. The fourth-order valence-corrected chi connectivity index (χ4v) is 2.41. The molecule has 0 unspecified atom stereocenters. The van der Waals surface area contributed by atoms with Gasteiger partial charge in [-0.15, -0.1) is 0 Å². The number of halogens is 4. The zero-order valence-corrected chi connectivity index (χ0v) is 13.0. The van der Waals surface area contributed by atoms with E-state index in [2.05, 4.69) is 10.5 Å². The molecule has 1 aromatic heterocycles. The molecule has 0 saturated heterocycles. The summed E-state index contributed by atoms with van der Waals surface area (Å²) in [4.78, 5) is 11.6. The standard InChI is InChI=1S/C16H10ClF3N2O2/c1-8-11(15(23)22-21-8)7-10-3-5-14(24-10)12-6-9(16(18,19)20)2-4-13(12)17/h2-7H,1H3,(H,22,23)/b11-7-. The van der Waals surface area contributed by atoms with Gasteiger partial charge in [-0.2, -0.15) is 18.3 Å². The van der Waals surface area contributed by atoms with Crippen molar-refractivity contribution in [2.75, 3.05) is 0 Å². The Morgan fingerprint density at radius 1 is 1.25 bits per heavy atom. The van der Waals surface area contributed by atoms with E-state index >= 15 is 0 Å². The van der Waals surface area contributed by atoms with Crippen LogP contribution in [0, 0.1) is 0 Å². The summed E-state index contributed by atoms with van der Waals surface area (Å²) in [5.74, 6) is 0.105. The van der Waals surface area contributed by atoms with Crippen LogP contribution in [0.2, 0.25) is 5.02 Å². The van der Waals surface area contributed by atoms with Crippen LogP contribution in [0.1, 0.15) is 18.2 Å². The molecule has 124 valence electrons. The third-order valence-corrected chi connectivity index (χ3v) is 3.76. The average Bonchev–Trinajstić information content (AvgIpc) is 3.09. The number of hydrazone groups is 1. The summed E-state index contributed by atoms with van der Waals surface area (Å²) >= 11 is 5.98. The number of benzene rings is 1. The molecule has 0 spiro atoms. The molecular formula is C16H10ClF3N2O2. The Morgan fingerprint density at radius 3 is 2.62 bits per heavy atom. The van der Waals surface area contributed by atoms with Gasteiger partial charge < -0.3 is 4.42 Å². The van der Waals surface area contributed by atoms with Crippen molar-refractivity contribution in [1.29, 1.82) is 0 Å². The van der Waals surface area contributed by atoms with Gasteiger partial charge in [0.25, 0.3) is 5.91 Å². The predicted octanol–water partition coefficient (Wildman–Crippen LogP) is 4.51. The maximum absolute atomic E-state index is 12.8. The lowest BCUT2D eigenvalue weighted by Crippen LogP contribution is -2.12. The van der Waals surface area contributed by atoms with Crippen molar-refractivity contribution in [3.8, 4) is 11.3 Å². The summed E-state index contributed by atoms with van der Waals surface area (Å²) in [6.07, 6.45) is -3.02. The Balaban J connectivity index is 1.98. The van der Waals surface area contributed by atoms with E-state index in [0.717, 1.165) is 12.1 Å². The Hall–Kier alpha value is -2.54. The molecule has 1 aliphatic heterocycles. The van der Waals surface area contributed by atoms with Crippen molar-refractivity contribution in [1.82, 2.24) is 5.43 Å². The minimum atomic E-state index is -4.48. The third-order valence-electron chi connectivity index (χ3n) is 3.43. The van der Waals surface area contributed by atoms with Crippen molar-refractivity contribution in [2.45, 2.75) is 13.1 Å². The fourth-order valence-electron chi connectivity index (χ4n) is 2.20. The van der Waals surface area contributed by atoms with Crippen LogP contribution in [0.5, 0.6) is 0 Å². The summed E-state index contributed by atoms with van der Waals surface area (Å²) in [5.41, 5.74) is 2.42. The number of nitrogens with zero attached hydrogens (tertiary/aromatic N) is 1. The van der Waals surface area contributed by atoms with E-state index in [9.17, 15) is 18.0 Å². The molecule has 24 heavy (non-hydrogen) atoms. The topological polar surface area (TPSA) is 54.6 Å². The molecule has 3 rings (SSSR count). The summed E-state index contributed by atoms with van der Waals surface area (Å²) in [6, 6.07) is 6.03. The van der Waals surface area contributed by atoms with Gasteiger partial charge in [0.2, 0.25) is 0 Å². The summed E-state index contributed by atoms with van der Waals surface area (Å²) in [5, 5.41) is 3.91.